The lowest BCUT2D eigenvalue weighted by atomic mass is 10.2. The number of carbonyl (C=O) groups excluding carboxylic acids is 2. The molecule has 9 nitrogen and oxygen atoms in total. The molecule has 0 heterocycles. The maximum absolute atomic E-state index is 11.9. The van der Waals surface area contributed by atoms with Gasteiger partial charge in [-0.3, -0.25) is 14.9 Å². The molecule has 0 aromatic heterocycles. The van der Waals surface area contributed by atoms with Crippen LogP contribution in [0.1, 0.15) is 18.4 Å². The summed E-state index contributed by atoms with van der Waals surface area (Å²) in [5.74, 6) is -0.310. The van der Waals surface area contributed by atoms with Crippen molar-refractivity contribution < 1.29 is 19.2 Å². The van der Waals surface area contributed by atoms with Gasteiger partial charge in [-0.05, 0) is 18.1 Å². The van der Waals surface area contributed by atoms with E-state index in [0.29, 0.717) is 12.1 Å². The van der Waals surface area contributed by atoms with E-state index in [-0.39, 0.29) is 36.9 Å². The number of nitrogens with zero attached hydrogens (tertiary/aromatic N) is 1. The summed E-state index contributed by atoms with van der Waals surface area (Å²) in [5.41, 5.74) is 6.84. The molecule has 0 saturated carbocycles. The first-order valence-corrected chi connectivity index (χ1v) is 8.24. The monoisotopic (exact) mass is 372 g/mol. The van der Waals surface area contributed by atoms with Crippen LogP contribution in [-0.4, -0.2) is 23.5 Å². The molecule has 2 aromatic carbocycles. The number of nitro groups is 1. The van der Waals surface area contributed by atoms with Gasteiger partial charge in [-0.2, -0.15) is 0 Å². The number of nitrogen functional groups attached to an aromatic ring is 1. The fraction of sp³-hybridized carbons (Fsp3) is 0.222. The van der Waals surface area contributed by atoms with E-state index in [1.54, 1.807) is 0 Å². The number of rotatable bonds is 8. The second-order valence-electron chi connectivity index (χ2n) is 5.67. The highest BCUT2D eigenvalue weighted by atomic mass is 16.6. The summed E-state index contributed by atoms with van der Waals surface area (Å²) in [6.07, 6.45) is -0.00645. The van der Waals surface area contributed by atoms with Crippen molar-refractivity contribution in [3.8, 4) is 0 Å². The van der Waals surface area contributed by atoms with E-state index in [0.717, 1.165) is 5.56 Å². The van der Waals surface area contributed by atoms with Crippen LogP contribution < -0.4 is 16.4 Å². The molecule has 142 valence electrons. The highest BCUT2D eigenvalue weighted by Gasteiger charge is 2.11. The molecule has 0 bridgehead atoms. The Hall–Kier alpha value is -3.62. The van der Waals surface area contributed by atoms with Crippen molar-refractivity contribution in [2.75, 3.05) is 17.6 Å². The van der Waals surface area contributed by atoms with E-state index >= 15 is 0 Å². The molecule has 0 atom stereocenters. The molecule has 0 aliphatic heterocycles. The van der Waals surface area contributed by atoms with Crippen LogP contribution in [0, 0.1) is 10.1 Å². The van der Waals surface area contributed by atoms with Gasteiger partial charge in [-0.1, -0.05) is 30.3 Å². The van der Waals surface area contributed by atoms with Crippen LogP contribution in [-0.2, 0) is 16.1 Å². The number of nitro benzene ring substituents is 1. The standard InChI is InChI=1S/C18H20N4O5/c19-15-11-14(22(25)26)8-9-16(15)21-17(23)7-4-10-20-18(24)27-12-13-5-2-1-3-6-13/h1-3,5-6,8-9,11H,4,7,10,12,19H2,(H,20,24)(H,21,23). The van der Waals surface area contributed by atoms with Gasteiger partial charge in [-0.25, -0.2) is 4.79 Å². The third kappa shape index (κ3) is 6.65. The zero-order chi connectivity index (χ0) is 19.6. The summed E-state index contributed by atoms with van der Waals surface area (Å²) in [5, 5.41) is 15.8. The molecule has 9 heteroatoms. The van der Waals surface area contributed by atoms with E-state index in [2.05, 4.69) is 10.6 Å². The first-order valence-electron chi connectivity index (χ1n) is 8.24. The molecule has 0 fully saturated rings. The van der Waals surface area contributed by atoms with Gasteiger partial charge in [-0.15, -0.1) is 0 Å². The van der Waals surface area contributed by atoms with Gasteiger partial charge < -0.3 is 21.1 Å². The quantitative estimate of drug-likeness (QED) is 0.282. The number of hydrogen-bond acceptors (Lipinski definition) is 6. The van der Waals surface area contributed by atoms with E-state index in [9.17, 15) is 19.7 Å². The van der Waals surface area contributed by atoms with Gasteiger partial charge in [0.15, 0.2) is 0 Å². The number of hydrogen-bond donors (Lipinski definition) is 3. The molecule has 0 radical (unpaired) electrons. The molecular formula is C18H20N4O5. The van der Waals surface area contributed by atoms with E-state index in [4.69, 9.17) is 10.5 Å². The second kappa shape index (κ2) is 9.76. The van der Waals surface area contributed by atoms with Crippen molar-refractivity contribution in [2.24, 2.45) is 0 Å². The van der Waals surface area contributed by atoms with Crippen molar-refractivity contribution in [1.82, 2.24) is 5.32 Å². The minimum absolute atomic E-state index is 0.111. The van der Waals surface area contributed by atoms with Crippen LogP contribution in [0.4, 0.5) is 21.9 Å². The van der Waals surface area contributed by atoms with Gasteiger partial charge in [0.25, 0.3) is 5.69 Å². The number of ether oxygens (including phenoxy) is 1. The van der Waals surface area contributed by atoms with Crippen LogP contribution >= 0.6 is 0 Å². The number of carbonyl (C=O) groups is 2. The van der Waals surface area contributed by atoms with Gasteiger partial charge in [0.1, 0.15) is 6.61 Å². The SMILES string of the molecule is Nc1cc([N+](=O)[O-])ccc1NC(=O)CCCNC(=O)OCc1ccccc1. The normalized spacial score (nSPS) is 10.1. The van der Waals surface area contributed by atoms with Gasteiger partial charge in [0, 0.05) is 25.1 Å². The fourth-order valence-corrected chi connectivity index (χ4v) is 2.20. The first-order chi connectivity index (χ1) is 13.0. The third-order valence-corrected chi connectivity index (χ3v) is 3.58. The highest BCUT2D eigenvalue weighted by molar-refractivity contribution is 5.94. The number of benzene rings is 2. The Labute approximate surface area is 155 Å². The zero-order valence-electron chi connectivity index (χ0n) is 14.5. The number of nitrogens with one attached hydrogen (secondary N) is 2. The largest absolute Gasteiger partial charge is 0.445 e. The van der Waals surface area contributed by atoms with Crippen LogP contribution in [0.25, 0.3) is 0 Å². The molecule has 0 aliphatic rings. The number of anilines is 2. The minimum Gasteiger partial charge on any atom is -0.445 e. The maximum Gasteiger partial charge on any atom is 0.407 e. The number of non-ortho nitro benzene ring substituents is 1. The summed E-state index contributed by atoms with van der Waals surface area (Å²) < 4.78 is 5.05. The minimum atomic E-state index is -0.565. The van der Waals surface area contributed by atoms with Crippen molar-refractivity contribution in [3.63, 3.8) is 0 Å². The summed E-state index contributed by atoms with van der Waals surface area (Å²) in [6, 6.07) is 13.1. The molecule has 2 rings (SSSR count). The Kier molecular flexibility index (Phi) is 7.12. The molecule has 0 saturated heterocycles. The Morgan fingerprint density at radius 2 is 1.89 bits per heavy atom. The average molecular weight is 372 g/mol. The van der Waals surface area contributed by atoms with E-state index < -0.39 is 11.0 Å². The summed E-state index contributed by atoms with van der Waals surface area (Å²) in [6.45, 7) is 0.448. The van der Waals surface area contributed by atoms with Crippen molar-refractivity contribution in [2.45, 2.75) is 19.4 Å². The molecule has 0 spiro atoms. The molecule has 27 heavy (non-hydrogen) atoms. The Morgan fingerprint density at radius 3 is 2.56 bits per heavy atom. The highest BCUT2D eigenvalue weighted by Crippen LogP contribution is 2.24. The third-order valence-electron chi connectivity index (χ3n) is 3.58. The van der Waals surface area contributed by atoms with Crippen LogP contribution in [0.3, 0.4) is 0 Å². The molecule has 4 N–H and O–H groups in total. The van der Waals surface area contributed by atoms with Crippen molar-refractivity contribution >= 4 is 29.1 Å². The first kappa shape index (κ1) is 19.7. The van der Waals surface area contributed by atoms with Crippen LogP contribution in [0.15, 0.2) is 48.5 Å². The van der Waals surface area contributed by atoms with Crippen molar-refractivity contribution in [3.05, 3.63) is 64.2 Å². The Bertz CT molecular complexity index is 811. The Morgan fingerprint density at radius 1 is 1.15 bits per heavy atom. The topological polar surface area (TPSA) is 137 Å². The number of alkyl carbamates (subject to hydrolysis) is 1. The lowest BCUT2D eigenvalue weighted by Gasteiger charge is -2.09. The molecule has 0 aliphatic carbocycles. The smallest absolute Gasteiger partial charge is 0.407 e. The second-order valence-corrected chi connectivity index (χ2v) is 5.67. The Balaban J connectivity index is 1.66. The molecule has 2 amide bonds. The van der Waals surface area contributed by atoms with Crippen LogP contribution in [0.5, 0.6) is 0 Å². The number of amides is 2. The maximum atomic E-state index is 11.9. The predicted octanol–water partition coefficient (Wildman–Crippen LogP) is 2.82. The average Bonchev–Trinajstić information content (AvgIpc) is 2.66. The van der Waals surface area contributed by atoms with Crippen molar-refractivity contribution in [1.29, 1.82) is 0 Å². The molecule has 2 aromatic rings. The van der Waals surface area contributed by atoms with E-state index in [1.807, 2.05) is 30.3 Å². The summed E-state index contributed by atoms with van der Waals surface area (Å²) >= 11 is 0. The van der Waals surface area contributed by atoms with Gasteiger partial charge in [0.05, 0.1) is 16.3 Å². The van der Waals surface area contributed by atoms with E-state index in [1.165, 1.54) is 18.2 Å². The summed E-state index contributed by atoms with van der Waals surface area (Å²) in [4.78, 5) is 33.6. The van der Waals surface area contributed by atoms with Crippen LogP contribution in [0.2, 0.25) is 0 Å². The summed E-state index contributed by atoms with van der Waals surface area (Å²) in [7, 11) is 0. The lowest BCUT2D eigenvalue weighted by molar-refractivity contribution is -0.384. The van der Waals surface area contributed by atoms with Gasteiger partial charge >= 0.3 is 6.09 Å². The number of nitrogens with two attached hydrogens (primary N) is 1. The zero-order valence-corrected chi connectivity index (χ0v) is 14.5. The lowest BCUT2D eigenvalue weighted by Crippen LogP contribution is -2.26. The molecule has 0 unspecified atom stereocenters. The fourth-order valence-electron chi connectivity index (χ4n) is 2.20. The van der Waals surface area contributed by atoms with Gasteiger partial charge in [0.2, 0.25) is 5.91 Å². The molecular weight excluding hydrogens is 352 g/mol. The predicted molar refractivity (Wildman–Crippen MR) is 100 cm³/mol.